The third-order valence-corrected chi connectivity index (χ3v) is 3.92. The maximum absolute atomic E-state index is 10.5. The van der Waals surface area contributed by atoms with Crippen molar-refractivity contribution in [2.45, 2.75) is 12.6 Å². The molecule has 2 N–H and O–H groups in total. The summed E-state index contributed by atoms with van der Waals surface area (Å²) in [5, 5.41) is 27.8. The number of aliphatic hydroxyl groups is 1. The van der Waals surface area contributed by atoms with Gasteiger partial charge in [-0.1, -0.05) is 11.6 Å². The van der Waals surface area contributed by atoms with Gasteiger partial charge in [-0.15, -0.1) is 0 Å². The van der Waals surface area contributed by atoms with Crippen molar-refractivity contribution in [2.24, 2.45) is 0 Å². The van der Waals surface area contributed by atoms with Gasteiger partial charge >= 0.3 is 5.69 Å². The van der Waals surface area contributed by atoms with E-state index >= 15 is 0 Å². The van der Waals surface area contributed by atoms with Gasteiger partial charge in [0.05, 0.1) is 22.6 Å². The monoisotopic (exact) mass is 374 g/mol. The first-order valence-electron chi connectivity index (χ1n) is 5.99. The van der Waals surface area contributed by atoms with Gasteiger partial charge in [0, 0.05) is 16.7 Å². The van der Waals surface area contributed by atoms with Crippen LogP contribution in [0.15, 0.2) is 35.1 Å². The second kappa shape index (κ2) is 6.88. The highest BCUT2D eigenvalue weighted by atomic mass is 79.9. The zero-order chi connectivity index (χ0) is 15.4. The Kier molecular flexibility index (Phi) is 5.16. The summed E-state index contributed by atoms with van der Waals surface area (Å²) in [6, 6.07) is 5.35. The van der Waals surface area contributed by atoms with E-state index in [4.69, 9.17) is 11.6 Å². The molecular formula is C12H12BrClN4O3. The van der Waals surface area contributed by atoms with E-state index in [9.17, 15) is 15.2 Å². The largest absolute Gasteiger partial charge is 0.389 e. The van der Waals surface area contributed by atoms with Crippen LogP contribution in [0, 0.1) is 10.1 Å². The standard InChI is InChI=1S/C12H12BrClN4O3/c13-11-2-1-8(3-12(11)14)15-5-10(19)7-17-6-9(4-16-17)18(20)21/h1-4,6,10,15,19H,5,7H2. The van der Waals surface area contributed by atoms with Crippen LogP contribution in [-0.4, -0.2) is 32.5 Å². The van der Waals surface area contributed by atoms with Crippen molar-refractivity contribution in [1.29, 1.82) is 0 Å². The van der Waals surface area contributed by atoms with Crippen LogP contribution in [0.4, 0.5) is 11.4 Å². The van der Waals surface area contributed by atoms with Crippen LogP contribution in [0.1, 0.15) is 0 Å². The quantitative estimate of drug-likeness (QED) is 0.598. The van der Waals surface area contributed by atoms with Crippen LogP contribution in [-0.2, 0) is 6.54 Å². The minimum atomic E-state index is -0.744. The molecule has 21 heavy (non-hydrogen) atoms. The summed E-state index contributed by atoms with van der Waals surface area (Å²) in [7, 11) is 0. The fraction of sp³-hybridized carbons (Fsp3) is 0.250. The molecule has 0 aliphatic heterocycles. The van der Waals surface area contributed by atoms with Crippen LogP contribution in [0.3, 0.4) is 0 Å². The van der Waals surface area contributed by atoms with E-state index in [1.165, 1.54) is 10.9 Å². The lowest BCUT2D eigenvalue weighted by atomic mass is 10.3. The first-order valence-corrected chi connectivity index (χ1v) is 7.16. The van der Waals surface area contributed by atoms with Crippen molar-refractivity contribution in [3.63, 3.8) is 0 Å². The molecule has 0 radical (unpaired) electrons. The van der Waals surface area contributed by atoms with Crippen molar-refractivity contribution in [3.05, 3.63) is 50.2 Å². The summed E-state index contributed by atoms with van der Waals surface area (Å²) < 4.78 is 2.12. The maximum Gasteiger partial charge on any atom is 0.306 e. The van der Waals surface area contributed by atoms with Crippen molar-refractivity contribution >= 4 is 38.9 Å². The van der Waals surface area contributed by atoms with E-state index in [1.807, 2.05) is 6.07 Å². The molecule has 0 saturated carbocycles. The summed E-state index contributed by atoms with van der Waals surface area (Å²) in [5.41, 5.74) is 0.670. The molecular weight excluding hydrogens is 364 g/mol. The van der Waals surface area contributed by atoms with Crippen LogP contribution in [0.2, 0.25) is 5.02 Å². The Labute approximate surface area is 133 Å². The van der Waals surface area contributed by atoms with E-state index in [-0.39, 0.29) is 18.8 Å². The van der Waals surface area contributed by atoms with Gasteiger partial charge in [-0.25, -0.2) is 0 Å². The molecule has 1 aromatic heterocycles. The van der Waals surface area contributed by atoms with E-state index in [0.717, 1.165) is 16.4 Å². The van der Waals surface area contributed by atoms with Crippen molar-refractivity contribution in [2.75, 3.05) is 11.9 Å². The molecule has 0 fully saturated rings. The highest BCUT2D eigenvalue weighted by molar-refractivity contribution is 9.10. The number of nitro groups is 1. The minimum absolute atomic E-state index is 0.102. The number of aromatic nitrogens is 2. The second-order valence-electron chi connectivity index (χ2n) is 4.34. The SMILES string of the molecule is O=[N+]([O-])c1cnn(CC(O)CNc2ccc(Br)c(Cl)c2)c1. The predicted molar refractivity (Wildman–Crippen MR) is 82.5 cm³/mol. The van der Waals surface area contributed by atoms with Gasteiger partial charge in [0.25, 0.3) is 0 Å². The molecule has 2 rings (SSSR count). The molecule has 1 atom stereocenters. The zero-order valence-corrected chi connectivity index (χ0v) is 13.1. The van der Waals surface area contributed by atoms with Crippen molar-refractivity contribution < 1.29 is 10.0 Å². The molecule has 9 heteroatoms. The van der Waals surface area contributed by atoms with Gasteiger partial charge in [-0.05, 0) is 34.1 Å². The molecule has 0 bridgehead atoms. The lowest BCUT2D eigenvalue weighted by molar-refractivity contribution is -0.385. The van der Waals surface area contributed by atoms with Crippen molar-refractivity contribution in [3.8, 4) is 0 Å². The van der Waals surface area contributed by atoms with Gasteiger partial charge in [-0.3, -0.25) is 14.8 Å². The van der Waals surface area contributed by atoms with E-state index < -0.39 is 11.0 Å². The summed E-state index contributed by atoms with van der Waals surface area (Å²) in [4.78, 5) is 10.0. The molecule has 112 valence electrons. The average molecular weight is 376 g/mol. The number of halogens is 2. The molecule has 0 amide bonds. The third kappa shape index (κ3) is 4.42. The number of aliphatic hydroxyl groups excluding tert-OH is 1. The molecule has 0 aliphatic rings. The molecule has 1 aromatic carbocycles. The van der Waals surface area contributed by atoms with Gasteiger partial charge < -0.3 is 10.4 Å². The summed E-state index contributed by atoms with van der Waals surface area (Å²) in [6.07, 6.45) is 1.68. The fourth-order valence-electron chi connectivity index (χ4n) is 1.67. The van der Waals surface area contributed by atoms with E-state index in [0.29, 0.717) is 5.02 Å². The molecule has 0 spiro atoms. The first-order chi connectivity index (χ1) is 9.95. The summed E-state index contributed by atoms with van der Waals surface area (Å²) in [6.45, 7) is 0.427. The number of hydrogen-bond acceptors (Lipinski definition) is 5. The van der Waals surface area contributed by atoms with Crippen LogP contribution < -0.4 is 5.32 Å². The second-order valence-corrected chi connectivity index (χ2v) is 5.60. The Balaban J connectivity index is 1.87. The summed E-state index contributed by atoms with van der Waals surface area (Å²) >= 11 is 9.26. The molecule has 1 unspecified atom stereocenters. The number of nitrogens with one attached hydrogen (secondary N) is 1. The lowest BCUT2D eigenvalue weighted by Gasteiger charge is -2.13. The van der Waals surface area contributed by atoms with Crippen LogP contribution in [0.25, 0.3) is 0 Å². The zero-order valence-electron chi connectivity index (χ0n) is 10.7. The Morgan fingerprint density at radius 3 is 2.95 bits per heavy atom. The number of benzene rings is 1. The first kappa shape index (κ1) is 15.7. The van der Waals surface area contributed by atoms with Gasteiger partial charge in [0.1, 0.15) is 12.4 Å². The predicted octanol–water partition coefficient (Wildman–Crippen LogP) is 2.68. The van der Waals surface area contributed by atoms with Crippen LogP contribution in [0.5, 0.6) is 0 Å². The highest BCUT2D eigenvalue weighted by Gasteiger charge is 2.12. The Bertz CT molecular complexity index is 649. The van der Waals surface area contributed by atoms with Gasteiger partial charge in [0.15, 0.2) is 0 Å². The van der Waals surface area contributed by atoms with Gasteiger partial charge in [0.2, 0.25) is 0 Å². The minimum Gasteiger partial charge on any atom is -0.389 e. The van der Waals surface area contributed by atoms with Crippen molar-refractivity contribution in [1.82, 2.24) is 9.78 Å². The van der Waals surface area contributed by atoms with E-state index in [1.54, 1.807) is 12.1 Å². The third-order valence-electron chi connectivity index (χ3n) is 2.69. The lowest BCUT2D eigenvalue weighted by Crippen LogP contribution is -2.25. The normalized spacial score (nSPS) is 12.1. The highest BCUT2D eigenvalue weighted by Crippen LogP contribution is 2.25. The number of anilines is 1. The summed E-state index contributed by atoms with van der Waals surface area (Å²) in [5.74, 6) is 0. The molecule has 1 heterocycles. The molecule has 0 aliphatic carbocycles. The van der Waals surface area contributed by atoms with Crippen LogP contribution >= 0.6 is 27.5 Å². The Morgan fingerprint density at radius 1 is 1.57 bits per heavy atom. The van der Waals surface area contributed by atoms with Gasteiger partial charge in [-0.2, -0.15) is 5.10 Å². The smallest absolute Gasteiger partial charge is 0.306 e. The number of rotatable bonds is 6. The number of hydrogen-bond donors (Lipinski definition) is 2. The number of nitrogens with zero attached hydrogens (tertiary/aromatic N) is 3. The Morgan fingerprint density at radius 2 is 2.33 bits per heavy atom. The molecule has 0 saturated heterocycles. The Hall–Kier alpha value is -1.64. The molecule has 7 nitrogen and oxygen atoms in total. The average Bonchev–Trinajstić information content (AvgIpc) is 2.89. The maximum atomic E-state index is 10.5. The topological polar surface area (TPSA) is 93.2 Å². The van der Waals surface area contributed by atoms with E-state index in [2.05, 4.69) is 26.3 Å². The molecule has 2 aromatic rings. The fourth-order valence-corrected chi connectivity index (χ4v) is 2.10.